The SMILES string of the molecule is CCOC(=O)CCCCCCNC(=NC)NCc1ccccc1F.I. The smallest absolute Gasteiger partial charge is 0.305 e. The summed E-state index contributed by atoms with van der Waals surface area (Å²) in [6.45, 7) is 3.45. The third kappa shape index (κ3) is 11.0. The number of hydrogen-bond donors (Lipinski definition) is 2. The van der Waals surface area contributed by atoms with E-state index in [1.54, 1.807) is 19.2 Å². The molecule has 2 N–H and O–H groups in total. The highest BCUT2D eigenvalue weighted by Gasteiger charge is 2.03. The van der Waals surface area contributed by atoms with Crippen LogP contribution in [0.25, 0.3) is 0 Å². The molecule has 5 nitrogen and oxygen atoms in total. The standard InChI is InChI=1S/C18H28FN3O2.HI/c1-3-24-17(23)12-6-4-5-9-13-21-18(20-2)22-14-15-10-7-8-11-16(15)19;/h7-8,10-11H,3-6,9,12-14H2,1-2H3,(H2,20,21,22);1H. The third-order valence-corrected chi connectivity index (χ3v) is 3.53. The Bertz CT molecular complexity index is 527. The molecule has 0 aromatic heterocycles. The Morgan fingerprint density at radius 2 is 1.88 bits per heavy atom. The third-order valence-electron chi connectivity index (χ3n) is 3.53. The molecule has 0 radical (unpaired) electrons. The number of hydrogen-bond acceptors (Lipinski definition) is 3. The number of halogens is 2. The van der Waals surface area contributed by atoms with Crippen LogP contribution in [0.2, 0.25) is 0 Å². The highest BCUT2D eigenvalue weighted by atomic mass is 127. The van der Waals surface area contributed by atoms with E-state index in [-0.39, 0.29) is 35.8 Å². The van der Waals surface area contributed by atoms with Gasteiger partial charge >= 0.3 is 5.97 Å². The molecule has 0 saturated carbocycles. The molecule has 0 atom stereocenters. The molecular weight excluding hydrogens is 436 g/mol. The van der Waals surface area contributed by atoms with Gasteiger partial charge < -0.3 is 15.4 Å². The van der Waals surface area contributed by atoms with E-state index in [0.29, 0.717) is 31.1 Å². The van der Waals surface area contributed by atoms with E-state index in [1.165, 1.54) is 6.07 Å². The molecule has 0 fully saturated rings. The van der Waals surface area contributed by atoms with Crippen molar-refractivity contribution < 1.29 is 13.9 Å². The number of carbonyl (C=O) groups excluding carboxylic acids is 1. The molecule has 0 aliphatic carbocycles. The van der Waals surface area contributed by atoms with Crippen molar-refractivity contribution >= 4 is 35.9 Å². The van der Waals surface area contributed by atoms with Gasteiger partial charge in [0.1, 0.15) is 5.82 Å². The Kier molecular flexibility index (Phi) is 14.1. The maximum absolute atomic E-state index is 13.5. The molecule has 0 saturated heterocycles. The summed E-state index contributed by atoms with van der Waals surface area (Å²) in [5, 5.41) is 6.30. The van der Waals surface area contributed by atoms with E-state index in [0.717, 1.165) is 32.2 Å². The summed E-state index contributed by atoms with van der Waals surface area (Å²) >= 11 is 0. The lowest BCUT2D eigenvalue weighted by molar-refractivity contribution is -0.143. The molecule has 1 aromatic rings. The molecule has 25 heavy (non-hydrogen) atoms. The molecule has 0 aliphatic rings. The summed E-state index contributed by atoms with van der Waals surface area (Å²) in [5.74, 6) is 0.320. The van der Waals surface area contributed by atoms with Crippen molar-refractivity contribution in [3.8, 4) is 0 Å². The van der Waals surface area contributed by atoms with Gasteiger partial charge in [0.05, 0.1) is 6.61 Å². The fourth-order valence-electron chi connectivity index (χ4n) is 2.23. The normalized spacial score (nSPS) is 10.8. The molecule has 142 valence electrons. The lowest BCUT2D eigenvalue weighted by Crippen LogP contribution is -2.37. The summed E-state index contributed by atoms with van der Waals surface area (Å²) in [5.41, 5.74) is 0.611. The second-order valence-electron chi connectivity index (χ2n) is 5.41. The van der Waals surface area contributed by atoms with Crippen LogP contribution in [-0.4, -0.2) is 32.1 Å². The number of guanidine groups is 1. The van der Waals surface area contributed by atoms with Crippen molar-refractivity contribution in [3.05, 3.63) is 35.6 Å². The van der Waals surface area contributed by atoms with Crippen LogP contribution in [-0.2, 0) is 16.1 Å². The van der Waals surface area contributed by atoms with Gasteiger partial charge in [-0.3, -0.25) is 9.79 Å². The number of benzene rings is 1. The monoisotopic (exact) mass is 465 g/mol. The number of aliphatic imine (C=N–C) groups is 1. The molecule has 0 aliphatic heterocycles. The van der Waals surface area contributed by atoms with E-state index >= 15 is 0 Å². The first-order valence-electron chi connectivity index (χ1n) is 8.51. The quantitative estimate of drug-likeness (QED) is 0.182. The maximum Gasteiger partial charge on any atom is 0.305 e. The Balaban J connectivity index is 0.00000576. The molecule has 1 rings (SSSR count). The summed E-state index contributed by atoms with van der Waals surface area (Å²) in [7, 11) is 1.69. The van der Waals surface area contributed by atoms with Gasteiger partial charge in [-0.1, -0.05) is 31.0 Å². The van der Waals surface area contributed by atoms with Gasteiger partial charge in [0.2, 0.25) is 0 Å². The van der Waals surface area contributed by atoms with Gasteiger partial charge in [-0.15, -0.1) is 24.0 Å². The van der Waals surface area contributed by atoms with Crippen LogP contribution < -0.4 is 10.6 Å². The van der Waals surface area contributed by atoms with Gasteiger partial charge in [-0.2, -0.15) is 0 Å². The van der Waals surface area contributed by atoms with Gasteiger partial charge in [0, 0.05) is 32.1 Å². The molecule has 0 bridgehead atoms. The predicted octanol–water partition coefficient (Wildman–Crippen LogP) is 3.62. The number of esters is 1. The largest absolute Gasteiger partial charge is 0.466 e. The Morgan fingerprint density at radius 1 is 1.16 bits per heavy atom. The second-order valence-corrected chi connectivity index (χ2v) is 5.41. The zero-order valence-electron chi connectivity index (χ0n) is 15.0. The van der Waals surface area contributed by atoms with Crippen molar-refractivity contribution in [3.63, 3.8) is 0 Å². The lowest BCUT2D eigenvalue weighted by Gasteiger charge is -2.12. The number of nitrogens with zero attached hydrogens (tertiary/aromatic N) is 1. The summed E-state index contributed by atoms with van der Waals surface area (Å²) in [6.07, 6.45) is 4.38. The average Bonchev–Trinajstić information content (AvgIpc) is 2.58. The Hall–Kier alpha value is -1.38. The van der Waals surface area contributed by atoms with Gasteiger partial charge in [-0.25, -0.2) is 4.39 Å². The number of carbonyl (C=O) groups is 1. The molecule has 1 aromatic carbocycles. The number of nitrogens with one attached hydrogen (secondary N) is 2. The molecule has 0 amide bonds. The lowest BCUT2D eigenvalue weighted by atomic mass is 10.1. The number of unbranched alkanes of at least 4 members (excludes halogenated alkanes) is 3. The van der Waals surface area contributed by atoms with Crippen LogP contribution >= 0.6 is 24.0 Å². The maximum atomic E-state index is 13.5. The van der Waals surface area contributed by atoms with Gasteiger partial charge in [0.25, 0.3) is 0 Å². The topological polar surface area (TPSA) is 62.7 Å². The van der Waals surface area contributed by atoms with E-state index in [1.807, 2.05) is 13.0 Å². The molecule has 7 heteroatoms. The minimum absolute atomic E-state index is 0. The minimum Gasteiger partial charge on any atom is -0.466 e. The van der Waals surface area contributed by atoms with E-state index in [4.69, 9.17) is 4.74 Å². The molecular formula is C18H29FIN3O2. The van der Waals surface area contributed by atoms with Gasteiger partial charge in [0.15, 0.2) is 5.96 Å². The Morgan fingerprint density at radius 3 is 2.56 bits per heavy atom. The van der Waals surface area contributed by atoms with Crippen LogP contribution in [0.1, 0.15) is 44.6 Å². The number of ether oxygens (including phenoxy) is 1. The zero-order valence-corrected chi connectivity index (χ0v) is 17.3. The van der Waals surface area contributed by atoms with E-state index < -0.39 is 0 Å². The Labute approximate surface area is 166 Å². The van der Waals surface area contributed by atoms with Crippen molar-refractivity contribution in [1.29, 1.82) is 0 Å². The molecule has 0 spiro atoms. The number of rotatable bonds is 10. The van der Waals surface area contributed by atoms with Crippen molar-refractivity contribution in [2.75, 3.05) is 20.2 Å². The molecule has 0 heterocycles. The second kappa shape index (κ2) is 14.9. The first kappa shape index (κ1) is 23.6. The van der Waals surface area contributed by atoms with Crippen LogP contribution in [0, 0.1) is 5.82 Å². The van der Waals surface area contributed by atoms with Crippen molar-refractivity contribution in [2.24, 2.45) is 4.99 Å². The van der Waals surface area contributed by atoms with Crippen LogP contribution in [0.3, 0.4) is 0 Å². The van der Waals surface area contributed by atoms with E-state index in [9.17, 15) is 9.18 Å². The fourth-order valence-corrected chi connectivity index (χ4v) is 2.23. The first-order chi connectivity index (χ1) is 11.7. The predicted molar refractivity (Wildman–Crippen MR) is 110 cm³/mol. The summed E-state index contributed by atoms with van der Waals surface area (Å²) in [6, 6.07) is 6.68. The van der Waals surface area contributed by atoms with Gasteiger partial charge in [-0.05, 0) is 25.8 Å². The highest BCUT2D eigenvalue weighted by molar-refractivity contribution is 14.0. The average molecular weight is 465 g/mol. The van der Waals surface area contributed by atoms with Crippen molar-refractivity contribution in [1.82, 2.24) is 10.6 Å². The fraction of sp³-hybridized carbons (Fsp3) is 0.556. The van der Waals surface area contributed by atoms with Crippen molar-refractivity contribution in [2.45, 2.75) is 45.6 Å². The summed E-state index contributed by atoms with van der Waals surface area (Å²) in [4.78, 5) is 15.3. The first-order valence-corrected chi connectivity index (χ1v) is 8.51. The highest BCUT2D eigenvalue weighted by Crippen LogP contribution is 2.05. The van der Waals surface area contributed by atoms with Crippen LogP contribution in [0.15, 0.2) is 29.3 Å². The zero-order chi connectivity index (χ0) is 17.6. The van der Waals surface area contributed by atoms with Crippen LogP contribution in [0.5, 0.6) is 0 Å². The van der Waals surface area contributed by atoms with E-state index in [2.05, 4.69) is 15.6 Å². The molecule has 0 unspecified atom stereocenters. The van der Waals surface area contributed by atoms with Crippen LogP contribution in [0.4, 0.5) is 4.39 Å². The summed E-state index contributed by atoms with van der Waals surface area (Å²) < 4.78 is 18.4. The minimum atomic E-state index is -0.220.